The van der Waals surface area contributed by atoms with Crippen molar-refractivity contribution in [1.82, 2.24) is 9.62 Å². The molecule has 1 N–H and O–H groups in total. The third-order valence-corrected chi connectivity index (χ3v) is 3.07. The second kappa shape index (κ2) is 4.73. The van der Waals surface area contributed by atoms with Crippen molar-refractivity contribution in [1.29, 1.82) is 0 Å². The maximum absolute atomic E-state index is 4.38. The Bertz CT molecular complexity index is 348. The summed E-state index contributed by atoms with van der Waals surface area (Å²) in [4.78, 5) is 0. The first-order valence-electron chi connectivity index (χ1n) is 5.20. The molecular weight excluding hydrogens is 204 g/mol. The van der Waals surface area contributed by atoms with Crippen LogP contribution in [0.3, 0.4) is 0 Å². The summed E-state index contributed by atoms with van der Waals surface area (Å²) in [6.45, 7) is 3.05. The van der Waals surface area contributed by atoms with Crippen molar-refractivity contribution in [2.24, 2.45) is 0 Å². The molecule has 0 spiro atoms. The molecule has 0 saturated heterocycles. The van der Waals surface area contributed by atoms with E-state index in [0.29, 0.717) is 6.17 Å². The third-order valence-electron chi connectivity index (χ3n) is 2.61. The highest BCUT2D eigenvalue weighted by Crippen LogP contribution is 2.14. The van der Waals surface area contributed by atoms with Crippen molar-refractivity contribution < 1.29 is 0 Å². The molecule has 0 fully saturated rings. The first kappa shape index (κ1) is 10.6. The quantitative estimate of drug-likeness (QED) is 0.743. The van der Waals surface area contributed by atoms with Gasteiger partial charge in [0.05, 0.1) is 6.17 Å². The van der Waals surface area contributed by atoms with Gasteiger partial charge in [0.1, 0.15) is 0 Å². The maximum Gasteiger partial charge on any atom is 0.0868 e. The molecule has 1 unspecified atom stereocenters. The second-order valence-corrected chi connectivity index (χ2v) is 4.35. The minimum atomic E-state index is 0.313. The number of benzene rings is 1. The van der Waals surface area contributed by atoms with Crippen molar-refractivity contribution in [2.75, 3.05) is 6.54 Å². The Labute approximate surface area is 96.5 Å². The molecule has 0 aliphatic carbocycles. The van der Waals surface area contributed by atoms with E-state index in [1.165, 1.54) is 11.1 Å². The van der Waals surface area contributed by atoms with Crippen LogP contribution in [0.25, 0.3) is 0 Å². The van der Waals surface area contributed by atoms with E-state index in [1.54, 1.807) is 0 Å². The average molecular weight is 220 g/mol. The molecule has 0 amide bonds. The van der Waals surface area contributed by atoms with Crippen LogP contribution >= 0.6 is 12.8 Å². The second-order valence-electron chi connectivity index (χ2n) is 3.89. The van der Waals surface area contributed by atoms with Crippen LogP contribution in [0.1, 0.15) is 12.5 Å². The summed E-state index contributed by atoms with van der Waals surface area (Å²) in [5, 5.41) is 3.38. The van der Waals surface area contributed by atoms with Crippen LogP contribution in [0.4, 0.5) is 0 Å². The first-order valence-corrected chi connectivity index (χ1v) is 5.60. The summed E-state index contributed by atoms with van der Waals surface area (Å²) >= 11 is 4.38. The summed E-state index contributed by atoms with van der Waals surface area (Å²) in [6.07, 6.45) is 3.43. The Morgan fingerprint density at radius 3 is 2.80 bits per heavy atom. The van der Waals surface area contributed by atoms with E-state index < -0.39 is 0 Å². The molecule has 0 bridgehead atoms. The van der Waals surface area contributed by atoms with E-state index in [-0.39, 0.29) is 0 Å². The summed E-state index contributed by atoms with van der Waals surface area (Å²) in [7, 11) is 0. The smallest absolute Gasteiger partial charge is 0.0868 e. The predicted molar refractivity (Wildman–Crippen MR) is 66.5 cm³/mol. The normalized spacial score (nSPS) is 21.3. The highest BCUT2D eigenvalue weighted by atomic mass is 32.1. The van der Waals surface area contributed by atoms with Crippen molar-refractivity contribution >= 4 is 12.8 Å². The molecule has 1 aliphatic rings. The van der Waals surface area contributed by atoms with Crippen molar-refractivity contribution in [3.63, 3.8) is 0 Å². The van der Waals surface area contributed by atoms with E-state index in [9.17, 15) is 0 Å². The van der Waals surface area contributed by atoms with Crippen molar-refractivity contribution in [3.8, 4) is 0 Å². The van der Waals surface area contributed by atoms with Gasteiger partial charge in [-0.15, -0.1) is 0 Å². The zero-order chi connectivity index (χ0) is 10.7. The van der Waals surface area contributed by atoms with Gasteiger partial charge in [-0.25, -0.2) is 0 Å². The van der Waals surface area contributed by atoms with Gasteiger partial charge >= 0.3 is 0 Å². The fourth-order valence-corrected chi connectivity index (χ4v) is 1.93. The summed E-state index contributed by atoms with van der Waals surface area (Å²) in [6, 6.07) is 10.5. The molecule has 80 valence electrons. The first-order chi connectivity index (χ1) is 7.25. The van der Waals surface area contributed by atoms with Crippen LogP contribution in [0.2, 0.25) is 0 Å². The van der Waals surface area contributed by atoms with Crippen LogP contribution in [-0.4, -0.2) is 17.0 Å². The number of thiol groups is 1. The monoisotopic (exact) mass is 220 g/mol. The van der Waals surface area contributed by atoms with Gasteiger partial charge in [-0.1, -0.05) is 43.1 Å². The fraction of sp³-hybridized carbons (Fsp3) is 0.333. The minimum absolute atomic E-state index is 0.313. The zero-order valence-corrected chi connectivity index (χ0v) is 9.74. The lowest BCUT2D eigenvalue weighted by Gasteiger charge is -2.29. The lowest BCUT2D eigenvalue weighted by molar-refractivity contribution is 0.379. The van der Waals surface area contributed by atoms with Crippen LogP contribution in [-0.2, 0) is 6.42 Å². The van der Waals surface area contributed by atoms with Gasteiger partial charge in [-0.3, -0.25) is 5.32 Å². The molecule has 1 heterocycles. The summed E-state index contributed by atoms with van der Waals surface area (Å²) in [5.41, 5.74) is 2.72. The van der Waals surface area contributed by atoms with E-state index in [2.05, 4.69) is 55.5 Å². The molecule has 3 heteroatoms. The third kappa shape index (κ3) is 2.76. The molecule has 1 aromatic rings. The fourth-order valence-electron chi connectivity index (χ4n) is 1.68. The number of rotatable bonds is 2. The van der Waals surface area contributed by atoms with E-state index in [0.717, 1.165) is 13.0 Å². The molecule has 15 heavy (non-hydrogen) atoms. The van der Waals surface area contributed by atoms with Crippen LogP contribution in [0.5, 0.6) is 0 Å². The molecule has 0 aromatic heterocycles. The van der Waals surface area contributed by atoms with Crippen LogP contribution < -0.4 is 5.32 Å². The number of hydrogen-bond donors (Lipinski definition) is 2. The van der Waals surface area contributed by atoms with Gasteiger partial charge in [0.25, 0.3) is 0 Å². The molecule has 2 nitrogen and oxygen atoms in total. The Balaban J connectivity index is 2.04. The number of nitrogens with one attached hydrogen (secondary N) is 1. The van der Waals surface area contributed by atoms with Crippen molar-refractivity contribution in [3.05, 3.63) is 47.7 Å². The lowest BCUT2D eigenvalue weighted by atomic mass is 10.1. The Kier molecular flexibility index (Phi) is 3.34. The minimum Gasteiger partial charge on any atom is -0.309 e. The summed E-state index contributed by atoms with van der Waals surface area (Å²) in [5.74, 6) is 0. The lowest BCUT2D eigenvalue weighted by Crippen LogP contribution is -2.41. The molecule has 1 atom stereocenters. The highest BCUT2D eigenvalue weighted by Gasteiger charge is 2.13. The topological polar surface area (TPSA) is 15.3 Å². The van der Waals surface area contributed by atoms with Crippen LogP contribution in [0, 0.1) is 0 Å². The maximum atomic E-state index is 4.38. The number of nitrogens with zero attached hydrogens (tertiary/aromatic N) is 1. The largest absolute Gasteiger partial charge is 0.309 e. The average Bonchev–Trinajstić information content (AvgIpc) is 2.25. The van der Waals surface area contributed by atoms with Gasteiger partial charge < -0.3 is 4.31 Å². The van der Waals surface area contributed by atoms with Gasteiger partial charge in [0.2, 0.25) is 0 Å². The van der Waals surface area contributed by atoms with Gasteiger partial charge in [-0.2, -0.15) is 0 Å². The molecule has 1 aliphatic heterocycles. The zero-order valence-electron chi connectivity index (χ0n) is 8.85. The van der Waals surface area contributed by atoms with Gasteiger partial charge in [0, 0.05) is 12.7 Å². The molecule has 1 aromatic carbocycles. The Morgan fingerprint density at radius 2 is 2.13 bits per heavy atom. The van der Waals surface area contributed by atoms with Crippen LogP contribution in [0.15, 0.2) is 42.1 Å². The predicted octanol–water partition coefficient (Wildman–Crippen LogP) is 2.21. The SMILES string of the molecule is CC1NCC(Cc2ccccc2)=CN1S. The summed E-state index contributed by atoms with van der Waals surface area (Å²) < 4.78 is 1.92. The molecule has 0 radical (unpaired) electrons. The number of hydrogen-bond acceptors (Lipinski definition) is 3. The Morgan fingerprint density at radius 1 is 1.40 bits per heavy atom. The van der Waals surface area contributed by atoms with E-state index in [4.69, 9.17) is 0 Å². The molecular formula is C12H16N2S. The van der Waals surface area contributed by atoms with Gasteiger partial charge in [0.15, 0.2) is 0 Å². The highest BCUT2D eigenvalue weighted by molar-refractivity contribution is 7.77. The van der Waals surface area contributed by atoms with Gasteiger partial charge in [-0.05, 0) is 24.5 Å². The van der Waals surface area contributed by atoms with E-state index in [1.807, 2.05) is 10.4 Å². The molecule has 0 saturated carbocycles. The van der Waals surface area contributed by atoms with E-state index >= 15 is 0 Å². The Hall–Kier alpha value is -0.930. The van der Waals surface area contributed by atoms with Crippen molar-refractivity contribution in [2.45, 2.75) is 19.5 Å². The standard InChI is InChI=1S/C12H16N2S/c1-10-13-8-12(9-14(10)15)7-11-5-3-2-4-6-11/h2-6,9-10,13,15H,7-8H2,1H3. The molecule has 2 rings (SSSR count).